The Morgan fingerprint density at radius 1 is 1.62 bits per heavy atom. The molecule has 0 saturated heterocycles. The molecule has 78 valence electrons. The van der Waals surface area contributed by atoms with Crippen molar-refractivity contribution in [2.45, 2.75) is 25.6 Å². The predicted octanol–water partition coefficient (Wildman–Crippen LogP) is -0.127. The first-order valence-electron chi connectivity index (χ1n) is 3.96. The molecular formula is C8H16O5. The highest BCUT2D eigenvalue weighted by Crippen LogP contribution is 2.05. The molecule has 0 bridgehead atoms. The van der Waals surface area contributed by atoms with Crippen LogP contribution in [0.2, 0.25) is 0 Å². The summed E-state index contributed by atoms with van der Waals surface area (Å²) in [7, 11) is 1.52. The molecule has 2 unspecified atom stereocenters. The molecule has 0 spiro atoms. The number of carbonyl (C=O) groups is 1. The third-order valence-corrected chi connectivity index (χ3v) is 1.51. The van der Waals surface area contributed by atoms with E-state index in [9.17, 15) is 9.90 Å². The van der Waals surface area contributed by atoms with Gasteiger partial charge in [0, 0.05) is 7.11 Å². The van der Waals surface area contributed by atoms with Crippen LogP contribution in [0.4, 0.5) is 0 Å². The van der Waals surface area contributed by atoms with E-state index in [1.54, 1.807) is 6.92 Å². The first-order valence-corrected chi connectivity index (χ1v) is 3.96. The van der Waals surface area contributed by atoms with Crippen LogP contribution in [0.5, 0.6) is 0 Å². The average molecular weight is 192 g/mol. The molecular weight excluding hydrogens is 176 g/mol. The number of carboxylic acid groups (broad SMARTS) is 1. The summed E-state index contributed by atoms with van der Waals surface area (Å²) in [4.78, 5) is 10.4. The molecule has 0 aromatic carbocycles. The van der Waals surface area contributed by atoms with Crippen molar-refractivity contribution in [1.29, 1.82) is 0 Å². The van der Waals surface area contributed by atoms with Crippen molar-refractivity contribution in [1.82, 2.24) is 0 Å². The fourth-order valence-corrected chi connectivity index (χ4v) is 0.649. The summed E-state index contributed by atoms with van der Waals surface area (Å²) in [6.45, 7) is 3.05. The second-order valence-corrected chi connectivity index (χ2v) is 3.16. The van der Waals surface area contributed by atoms with Gasteiger partial charge in [0.05, 0.1) is 19.3 Å². The van der Waals surface area contributed by atoms with E-state index in [1.807, 2.05) is 0 Å². The van der Waals surface area contributed by atoms with Crippen molar-refractivity contribution in [3.63, 3.8) is 0 Å². The quantitative estimate of drug-likeness (QED) is 0.613. The van der Waals surface area contributed by atoms with Crippen LogP contribution in [0, 0.1) is 0 Å². The van der Waals surface area contributed by atoms with Gasteiger partial charge in [-0.3, -0.25) is 0 Å². The maximum Gasteiger partial charge on any atom is 0.337 e. The zero-order chi connectivity index (χ0) is 10.5. The van der Waals surface area contributed by atoms with E-state index >= 15 is 0 Å². The highest BCUT2D eigenvalue weighted by molar-refractivity contribution is 5.76. The van der Waals surface area contributed by atoms with Crippen molar-refractivity contribution in [2.75, 3.05) is 20.3 Å². The van der Waals surface area contributed by atoms with Gasteiger partial charge < -0.3 is 19.7 Å². The van der Waals surface area contributed by atoms with Crippen LogP contribution < -0.4 is 0 Å². The Labute approximate surface area is 77.3 Å². The fourth-order valence-electron chi connectivity index (χ4n) is 0.649. The second kappa shape index (κ2) is 5.16. The van der Waals surface area contributed by atoms with Gasteiger partial charge in [0.1, 0.15) is 0 Å². The molecule has 5 heteroatoms. The Balaban J connectivity index is 3.80. The number of hydrogen-bond acceptors (Lipinski definition) is 4. The van der Waals surface area contributed by atoms with E-state index in [4.69, 9.17) is 14.6 Å². The molecule has 0 amide bonds. The molecule has 5 nitrogen and oxygen atoms in total. The summed E-state index contributed by atoms with van der Waals surface area (Å²) >= 11 is 0. The lowest BCUT2D eigenvalue weighted by Gasteiger charge is -2.20. The van der Waals surface area contributed by atoms with Crippen molar-refractivity contribution in [3.8, 4) is 0 Å². The molecule has 0 aromatic heterocycles. The summed E-state index contributed by atoms with van der Waals surface area (Å²) in [5.74, 6) is -1.29. The van der Waals surface area contributed by atoms with Gasteiger partial charge in [0.2, 0.25) is 0 Å². The Kier molecular flexibility index (Phi) is 4.90. The highest BCUT2D eigenvalue weighted by atomic mass is 16.5. The molecule has 2 atom stereocenters. The van der Waals surface area contributed by atoms with Crippen molar-refractivity contribution >= 4 is 5.97 Å². The van der Waals surface area contributed by atoms with E-state index in [2.05, 4.69) is 0 Å². The predicted molar refractivity (Wildman–Crippen MR) is 45.5 cm³/mol. The van der Waals surface area contributed by atoms with Crippen molar-refractivity contribution in [2.24, 2.45) is 0 Å². The van der Waals surface area contributed by atoms with E-state index in [0.717, 1.165) is 0 Å². The first kappa shape index (κ1) is 12.3. The number of ether oxygens (including phenoxy) is 2. The molecule has 0 aliphatic carbocycles. The van der Waals surface area contributed by atoms with Crippen LogP contribution in [-0.2, 0) is 14.3 Å². The topological polar surface area (TPSA) is 76.0 Å². The van der Waals surface area contributed by atoms with Crippen molar-refractivity contribution in [3.05, 3.63) is 0 Å². The lowest BCUT2D eigenvalue weighted by atomic mass is 10.1. The van der Waals surface area contributed by atoms with Gasteiger partial charge in [-0.05, 0) is 13.8 Å². The molecule has 0 saturated carbocycles. The fraction of sp³-hybridized carbons (Fsp3) is 0.875. The number of hydrogen-bond donors (Lipinski definition) is 2. The first-order chi connectivity index (χ1) is 5.90. The largest absolute Gasteiger partial charge is 0.479 e. The molecule has 0 fully saturated rings. The SMILES string of the molecule is COCC(C)OCC(C)(O)C(=O)O. The lowest BCUT2D eigenvalue weighted by molar-refractivity contribution is -0.165. The minimum atomic E-state index is -1.83. The van der Waals surface area contributed by atoms with E-state index in [1.165, 1.54) is 14.0 Å². The lowest BCUT2D eigenvalue weighted by Crippen LogP contribution is -2.41. The molecule has 0 rings (SSSR count). The maximum absolute atomic E-state index is 10.4. The second-order valence-electron chi connectivity index (χ2n) is 3.16. The standard InChI is InChI=1S/C8H16O5/c1-6(4-12-3)13-5-8(2,11)7(9)10/h6,11H,4-5H2,1-3H3,(H,9,10). The summed E-state index contributed by atoms with van der Waals surface area (Å²) in [6, 6.07) is 0. The molecule has 0 aliphatic heterocycles. The zero-order valence-electron chi connectivity index (χ0n) is 8.11. The zero-order valence-corrected chi connectivity index (χ0v) is 8.11. The summed E-state index contributed by atoms with van der Waals surface area (Å²) in [5.41, 5.74) is -1.83. The highest BCUT2D eigenvalue weighted by Gasteiger charge is 2.30. The number of carboxylic acids is 1. The van der Waals surface area contributed by atoms with Gasteiger partial charge >= 0.3 is 5.97 Å². The van der Waals surface area contributed by atoms with Crippen LogP contribution in [0.1, 0.15) is 13.8 Å². The molecule has 0 aliphatic rings. The number of aliphatic hydroxyl groups is 1. The van der Waals surface area contributed by atoms with Crippen LogP contribution in [-0.4, -0.2) is 48.2 Å². The molecule has 13 heavy (non-hydrogen) atoms. The Morgan fingerprint density at radius 3 is 2.54 bits per heavy atom. The monoisotopic (exact) mass is 192 g/mol. The van der Waals surface area contributed by atoms with Gasteiger partial charge in [-0.15, -0.1) is 0 Å². The smallest absolute Gasteiger partial charge is 0.337 e. The Hall–Kier alpha value is -0.650. The van der Waals surface area contributed by atoms with Gasteiger partial charge in [-0.2, -0.15) is 0 Å². The van der Waals surface area contributed by atoms with Gasteiger partial charge in [0.15, 0.2) is 5.60 Å². The molecule has 0 heterocycles. The van der Waals surface area contributed by atoms with E-state index in [-0.39, 0.29) is 12.7 Å². The van der Waals surface area contributed by atoms with Crippen molar-refractivity contribution < 1.29 is 24.5 Å². The third kappa shape index (κ3) is 4.82. The van der Waals surface area contributed by atoms with E-state index in [0.29, 0.717) is 6.61 Å². The average Bonchev–Trinajstić information content (AvgIpc) is 2.01. The van der Waals surface area contributed by atoms with Crippen LogP contribution in [0.3, 0.4) is 0 Å². The van der Waals surface area contributed by atoms with Crippen LogP contribution in [0.25, 0.3) is 0 Å². The molecule has 2 N–H and O–H groups in total. The van der Waals surface area contributed by atoms with Gasteiger partial charge in [-0.25, -0.2) is 4.79 Å². The third-order valence-electron chi connectivity index (χ3n) is 1.51. The van der Waals surface area contributed by atoms with E-state index < -0.39 is 11.6 Å². The number of methoxy groups -OCH3 is 1. The minimum Gasteiger partial charge on any atom is -0.479 e. The minimum absolute atomic E-state index is 0.226. The molecule has 0 aromatic rings. The van der Waals surface area contributed by atoms with Gasteiger partial charge in [-0.1, -0.05) is 0 Å². The summed E-state index contributed by atoms with van der Waals surface area (Å²) in [6.07, 6.45) is -0.226. The normalized spacial score (nSPS) is 17.8. The number of rotatable bonds is 6. The number of aliphatic carboxylic acids is 1. The molecule has 0 radical (unpaired) electrons. The van der Waals surface area contributed by atoms with Gasteiger partial charge in [0.25, 0.3) is 0 Å². The summed E-state index contributed by atoms with van der Waals surface area (Å²) < 4.78 is 9.83. The van der Waals surface area contributed by atoms with Crippen LogP contribution in [0.15, 0.2) is 0 Å². The Bertz CT molecular complexity index is 166. The Morgan fingerprint density at radius 2 is 2.15 bits per heavy atom. The summed E-state index contributed by atoms with van der Waals surface area (Å²) in [5, 5.41) is 17.8. The van der Waals surface area contributed by atoms with Crippen LogP contribution >= 0.6 is 0 Å². The maximum atomic E-state index is 10.4.